The fourth-order valence-electron chi connectivity index (χ4n) is 1.49. The molecule has 0 heterocycles. The summed E-state index contributed by atoms with van der Waals surface area (Å²) >= 11 is 0. The Morgan fingerprint density at radius 1 is 1.54 bits per heavy atom. The van der Waals surface area contributed by atoms with Gasteiger partial charge in [0.25, 0.3) is 0 Å². The summed E-state index contributed by atoms with van der Waals surface area (Å²) in [6.45, 7) is 4.32. The zero-order valence-electron chi connectivity index (χ0n) is 8.38. The molecule has 1 heteroatoms. The average Bonchev–Trinajstić information content (AvgIpc) is 2.15. The highest BCUT2D eigenvalue weighted by Gasteiger charge is 2.08. The Hall–Kier alpha value is -0.980. The lowest BCUT2D eigenvalue weighted by molar-refractivity contribution is 0.458. The average molecular weight is 177 g/mol. The minimum Gasteiger partial charge on any atom is -0.508 e. The van der Waals surface area contributed by atoms with Gasteiger partial charge in [-0.1, -0.05) is 38.8 Å². The topological polar surface area (TPSA) is 20.2 Å². The number of phenols is 1. The second-order valence-corrected chi connectivity index (χ2v) is 3.51. The van der Waals surface area contributed by atoms with E-state index in [1.165, 1.54) is 12.8 Å². The second kappa shape index (κ2) is 4.90. The molecule has 0 spiro atoms. The Balaban J connectivity index is 2.65. The van der Waals surface area contributed by atoms with Crippen molar-refractivity contribution in [3.63, 3.8) is 0 Å². The van der Waals surface area contributed by atoms with E-state index in [-0.39, 0.29) is 0 Å². The lowest BCUT2D eigenvalue weighted by Crippen LogP contribution is -1.93. The molecule has 1 aromatic carbocycles. The van der Waals surface area contributed by atoms with Crippen molar-refractivity contribution < 1.29 is 5.11 Å². The van der Waals surface area contributed by atoms with Crippen LogP contribution in [0.1, 0.15) is 44.6 Å². The van der Waals surface area contributed by atoms with Crippen LogP contribution in [0, 0.1) is 6.07 Å². The van der Waals surface area contributed by atoms with Gasteiger partial charge in [0.1, 0.15) is 5.75 Å². The maximum Gasteiger partial charge on any atom is 0.119 e. The van der Waals surface area contributed by atoms with Crippen molar-refractivity contribution in [1.29, 1.82) is 0 Å². The third-order valence-corrected chi connectivity index (χ3v) is 2.35. The number of benzene rings is 1. The maximum absolute atomic E-state index is 9.55. The van der Waals surface area contributed by atoms with Crippen LogP contribution in [0.5, 0.6) is 5.75 Å². The first-order valence-corrected chi connectivity index (χ1v) is 4.95. The van der Waals surface area contributed by atoms with E-state index in [0.717, 1.165) is 12.0 Å². The molecule has 1 N–H and O–H groups in total. The van der Waals surface area contributed by atoms with Gasteiger partial charge >= 0.3 is 0 Å². The van der Waals surface area contributed by atoms with Crippen molar-refractivity contribution in [3.8, 4) is 5.75 Å². The van der Waals surface area contributed by atoms with E-state index in [0.29, 0.717) is 11.7 Å². The summed E-state index contributed by atoms with van der Waals surface area (Å²) in [6.07, 6.45) is 3.55. The predicted octanol–water partition coefficient (Wildman–Crippen LogP) is 3.49. The van der Waals surface area contributed by atoms with E-state index < -0.39 is 0 Å². The number of hydrogen-bond donors (Lipinski definition) is 1. The van der Waals surface area contributed by atoms with Gasteiger partial charge in [0.15, 0.2) is 0 Å². The van der Waals surface area contributed by atoms with Crippen LogP contribution in [-0.2, 0) is 0 Å². The molecule has 0 aliphatic carbocycles. The van der Waals surface area contributed by atoms with Crippen molar-refractivity contribution in [2.75, 3.05) is 0 Å². The molecule has 1 aromatic rings. The third-order valence-electron chi connectivity index (χ3n) is 2.35. The summed E-state index contributed by atoms with van der Waals surface area (Å²) in [4.78, 5) is 0. The standard InChI is InChI=1S/C12H17O/c1-3-4-7-10(2)11-8-5-6-9-12(11)13/h5-6,9-10,13H,3-4,7H2,1-2H3. The van der Waals surface area contributed by atoms with Gasteiger partial charge in [-0.25, -0.2) is 0 Å². The molecule has 1 atom stereocenters. The van der Waals surface area contributed by atoms with Crippen molar-refractivity contribution in [3.05, 3.63) is 29.8 Å². The largest absolute Gasteiger partial charge is 0.508 e. The quantitative estimate of drug-likeness (QED) is 0.746. The highest BCUT2D eigenvalue weighted by Crippen LogP contribution is 2.27. The van der Waals surface area contributed by atoms with Crippen LogP contribution >= 0.6 is 0 Å². The Bertz CT molecular complexity index is 255. The zero-order valence-corrected chi connectivity index (χ0v) is 8.38. The first-order valence-electron chi connectivity index (χ1n) is 4.95. The van der Waals surface area contributed by atoms with Gasteiger partial charge < -0.3 is 5.11 Å². The molecule has 1 rings (SSSR count). The molecule has 0 amide bonds. The third kappa shape index (κ3) is 2.76. The monoisotopic (exact) mass is 177 g/mol. The second-order valence-electron chi connectivity index (χ2n) is 3.51. The highest BCUT2D eigenvalue weighted by molar-refractivity contribution is 5.33. The molecule has 0 bridgehead atoms. The number of unbranched alkanes of at least 4 members (excludes halogenated alkanes) is 1. The van der Waals surface area contributed by atoms with Crippen molar-refractivity contribution >= 4 is 0 Å². The Kier molecular flexibility index (Phi) is 3.81. The first kappa shape index (κ1) is 10.1. The molecule has 0 saturated carbocycles. The molecule has 1 unspecified atom stereocenters. The molecule has 13 heavy (non-hydrogen) atoms. The minimum atomic E-state index is 0.381. The molecular weight excluding hydrogens is 160 g/mol. The van der Waals surface area contributed by atoms with E-state index in [1.54, 1.807) is 6.07 Å². The molecule has 1 radical (unpaired) electrons. The molecule has 0 aliphatic heterocycles. The van der Waals surface area contributed by atoms with Crippen LogP contribution in [0.25, 0.3) is 0 Å². The fraction of sp³-hybridized carbons (Fsp3) is 0.500. The molecule has 0 saturated heterocycles. The SMILES string of the molecule is CCCCC(C)c1[c]cccc1O. The molecule has 0 aliphatic rings. The highest BCUT2D eigenvalue weighted by atomic mass is 16.3. The lowest BCUT2D eigenvalue weighted by atomic mass is 9.95. The van der Waals surface area contributed by atoms with Gasteiger partial charge in [-0.2, -0.15) is 0 Å². The predicted molar refractivity (Wildman–Crippen MR) is 54.9 cm³/mol. The van der Waals surface area contributed by atoms with E-state index >= 15 is 0 Å². The summed E-state index contributed by atoms with van der Waals surface area (Å²) in [5, 5.41) is 9.55. The first-order chi connectivity index (χ1) is 6.25. The van der Waals surface area contributed by atoms with E-state index in [4.69, 9.17) is 0 Å². The van der Waals surface area contributed by atoms with Crippen molar-refractivity contribution in [1.82, 2.24) is 0 Å². The van der Waals surface area contributed by atoms with Crippen LogP contribution in [-0.4, -0.2) is 5.11 Å². The summed E-state index contributed by atoms with van der Waals surface area (Å²) in [5.74, 6) is 0.798. The lowest BCUT2D eigenvalue weighted by Gasteiger charge is -2.11. The van der Waals surface area contributed by atoms with Crippen LogP contribution in [0.2, 0.25) is 0 Å². The van der Waals surface area contributed by atoms with E-state index in [2.05, 4.69) is 19.9 Å². The molecule has 0 aromatic heterocycles. The Labute approximate surface area is 80.4 Å². The Morgan fingerprint density at radius 2 is 2.31 bits per heavy atom. The van der Waals surface area contributed by atoms with Crippen LogP contribution in [0.4, 0.5) is 0 Å². The van der Waals surface area contributed by atoms with E-state index in [1.807, 2.05) is 12.1 Å². The summed E-state index contributed by atoms with van der Waals surface area (Å²) < 4.78 is 0. The maximum atomic E-state index is 9.55. The van der Waals surface area contributed by atoms with Gasteiger partial charge in [-0.15, -0.1) is 0 Å². The van der Waals surface area contributed by atoms with Gasteiger partial charge in [-0.05, 0) is 24.5 Å². The summed E-state index contributed by atoms with van der Waals surface area (Å²) in [7, 11) is 0. The minimum absolute atomic E-state index is 0.381. The Morgan fingerprint density at radius 3 is 2.92 bits per heavy atom. The van der Waals surface area contributed by atoms with Gasteiger partial charge in [0.05, 0.1) is 0 Å². The van der Waals surface area contributed by atoms with Gasteiger partial charge in [0.2, 0.25) is 0 Å². The van der Waals surface area contributed by atoms with Gasteiger partial charge in [-0.3, -0.25) is 0 Å². The number of aromatic hydroxyl groups is 1. The molecule has 0 fully saturated rings. The van der Waals surface area contributed by atoms with Crippen molar-refractivity contribution in [2.24, 2.45) is 0 Å². The van der Waals surface area contributed by atoms with Crippen LogP contribution in [0.15, 0.2) is 18.2 Å². The van der Waals surface area contributed by atoms with Crippen molar-refractivity contribution in [2.45, 2.75) is 39.0 Å². The molecule has 71 valence electrons. The summed E-state index contributed by atoms with van der Waals surface area (Å²) in [5.41, 5.74) is 0.955. The number of rotatable bonds is 4. The number of phenolic OH excluding ortho intramolecular Hbond substituents is 1. The fourth-order valence-corrected chi connectivity index (χ4v) is 1.49. The molecular formula is C12H17O. The van der Waals surface area contributed by atoms with Gasteiger partial charge in [0, 0.05) is 5.56 Å². The molecule has 1 nitrogen and oxygen atoms in total. The van der Waals surface area contributed by atoms with Crippen LogP contribution < -0.4 is 0 Å². The smallest absolute Gasteiger partial charge is 0.119 e. The van der Waals surface area contributed by atoms with E-state index in [9.17, 15) is 5.11 Å². The summed E-state index contributed by atoms with van der Waals surface area (Å²) in [6, 6.07) is 8.50. The number of hydrogen-bond acceptors (Lipinski definition) is 1. The normalized spacial score (nSPS) is 12.8. The van der Waals surface area contributed by atoms with Crippen LogP contribution in [0.3, 0.4) is 0 Å². The zero-order chi connectivity index (χ0) is 9.68.